The third kappa shape index (κ3) is 4.06. The minimum Gasteiger partial charge on any atom is -0.486 e. The molecule has 0 saturated heterocycles. The van der Waals surface area contributed by atoms with E-state index in [9.17, 15) is 10.1 Å². The van der Waals surface area contributed by atoms with E-state index in [2.05, 4.69) is 18.3 Å². The van der Waals surface area contributed by atoms with E-state index in [4.69, 9.17) is 9.15 Å². The second kappa shape index (κ2) is 8.14. The summed E-state index contributed by atoms with van der Waals surface area (Å²) in [5.74, 6) is 1.19. The highest BCUT2D eigenvalue weighted by Crippen LogP contribution is 2.37. The quantitative estimate of drug-likeness (QED) is 0.604. The van der Waals surface area contributed by atoms with Crippen LogP contribution in [-0.2, 0) is 19.4 Å². The fourth-order valence-corrected chi connectivity index (χ4v) is 4.71. The Bertz CT molecular complexity index is 1100. The van der Waals surface area contributed by atoms with E-state index in [1.807, 2.05) is 25.1 Å². The van der Waals surface area contributed by atoms with Gasteiger partial charge in [-0.25, -0.2) is 0 Å². The number of benzene rings is 1. The molecule has 1 amide bonds. The Morgan fingerprint density at radius 1 is 1.21 bits per heavy atom. The van der Waals surface area contributed by atoms with Gasteiger partial charge in [0.1, 0.15) is 29.2 Å². The molecule has 0 saturated carbocycles. The van der Waals surface area contributed by atoms with E-state index in [0.717, 1.165) is 42.6 Å². The number of carbonyl (C=O) groups is 1. The highest BCUT2D eigenvalue weighted by molar-refractivity contribution is 7.16. The molecule has 3 aromatic rings. The number of aryl methyl sites for hydroxylation is 3. The maximum absolute atomic E-state index is 12.6. The van der Waals surface area contributed by atoms with E-state index in [1.54, 1.807) is 12.1 Å². The summed E-state index contributed by atoms with van der Waals surface area (Å²) >= 11 is 1.51. The van der Waals surface area contributed by atoms with Crippen molar-refractivity contribution in [2.75, 3.05) is 5.32 Å². The SMILES string of the molecule is Cc1ccc(OCc2ccc(C(=O)Nc3sc4c(c3C#N)CCCC4)o2)cc1C. The lowest BCUT2D eigenvalue weighted by Gasteiger charge is -2.09. The van der Waals surface area contributed by atoms with E-state index < -0.39 is 0 Å². The molecule has 0 fully saturated rings. The minimum absolute atomic E-state index is 0.207. The van der Waals surface area contributed by atoms with Crippen molar-refractivity contribution in [2.45, 2.75) is 46.1 Å². The van der Waals surface area contributed by atoms with Crippen molar-refractivity contribution < 1.29 is 13.9 Å². The average Bonchev–Trinajstić information content (AvgIpc) is 3.33. The number of amides is 1. The first-order valence-electron chi connectivity index (χ1n) is 9.70. The summed E-state index contributed by atoms with van der Waals surface area (Å²) in [7, 11) is 0. The van der Waals surface area contributed by atoms with Crippen molar-refractivity contribution in [1.82, 2.24) is 0 Å². The summed E-state index contributed by atoms with van der Waals surface area (Å²) in [5, 5.41) is 13.0. The molecule has 2 aromatic heterocycles. The molecule has 0 aliphatic heterocycles. The lowest BCUT2D eigenvalue weighted by molar-refractivity contribution is 0.0993. The molecule has 1 aromatic carbocycles. The molecule has 0 radical (unpaired) electrons. The fourth-order valence-electron chi connectivity index (χ4n) is 3.47. The second-order valence-electron chi connectivity index (χ2n) is 7.28. The highest BCUT2D eigenvalue weighted by atomic mass is 32.1. The molecule has 2 heterocycles. The first-order chi connectivity index (χ1) is 14.0. The molecule has 0 atom stereocenters. The van der Waals surface area contributed by atoms with Gasteiger partial charge in [-0.3, -0.25) is 4.79 Å². The monoisotopic (exact) mass is 406 g/mol. The van der Waals surface area contributed by atoms with Crippen LogP contribution in [0.4, 0.5) is 5.00 Å². The fraction of sp³-hybridized carbons (Fsp3) is 0.304. The molecular formula is C23H22N2O3S. The van der Waals surface area contributed by atoms with Gasteiger partial charge >= 0.3 is 0 Å². The molecule has 0 bridgehead atoms. The number of carbonyl (C=O) groups excluding carboxylic acids is 1. The molecule has 0 unspecified atom stereocenters. The van der Waals surface area contributed by atoms with Crippen LogP contribution in [0.3, 0.4) is 0 Å². The van der Waals surface area contributed by atoms with E-state index in [-0.39, 0.29) is 18.3 Å². The zero-order chi connectivity index (χ0) is 20.4. The van der Waals surface area contributed by atoms with Crippen LogP contribution in [-0.4, -0.2) is 5.91 Å². The summed E-state index contributed by atoms with van der Waals surface area (Å²) < 4.78 is 11.4. The lowest BCUT2D eigenvalue weighted by Crippen LogP contribution is -2.11. The number of anilines is 1. The van der Waals surface area contributed by atoms with E-state index in [0.29, 0.717) is 16.3 Å². The largest absolute Gasteiger partial charge is 0.486 e. The molecule has 1 aliphatic carbocycles. The van der Waals surface area contributed by atoms with Crippen molar-refractivity contribution in [3.8, 4) is 11.8 Å². The Kier molecular flexibility index (Phi) is 5.41. The summed E-state index contributed by atoms with van der Waals surface area (Å²) in [5.41, 5.74) is 4.07. The summed E-state index contributed by atoms with van der Waals surface area (Å²) in [4.78, 5) is 13.8. The summed E-state index contributed by atoms with van der Waals surface area (Å²) in [6.45, 7) is 4.33. The van der Waals surface area contributed by atoms with E-state index in [1.165, 1.54) is 21.8 Å². The first-order valence-corrected chi connectivity index (χ1v) is 10.5. The number of nitrogens with zero attached hydrogens (tertiary/aromatic N) is 1. The van der Waals surface area contributed by atoms with Crippen molar-refractivity contribution in [1.29, 1.82) is 5.26 Å². The van der Waals surface area contributed by atoms with Crippen LogP contribution < -0.4 is 10.1 Å². The number of thiophene rings is 1. The van der Waals surface area contributed by atoms with Gasteiger partial charge in [-0.2, -0.15) is 5.26 Å². The van der Waals surface area contributed by atoms with Gasteiger partial charge < -0.3 is 14.5 Å². The number of hydrogen-bond acceptors (Lipinski definition) is 5. The van der Waals surface area contributed by atoms with Gasteiger partial charge in [0, 0.05) is 4.88 Å². The first kappa shape index (κ1) is 19.3. The van der Waals surface area contributed by atoms with Gasteiger partial charge in [-0.15, -0.1) is 11.3 Å². The van der Waals surface area contributed by atoms with Gasteiger partial charge in [0.05, 0.1) is 5.56 Å². The van der Waals surface area contributed by atoms with Gasteiger partial charge in [-0.1, -0.05) is 6.07 Å². The lowest BCUT2D eigenvalue weighted by atomic mass is 9.96. The molecule has 1 aliphatic rings. The van der Waals surface area contributed by atoms with Crippen molar-refractivity contribution in [3.05, 3.63) is 69.0 Å². The molecule has 6 heteroatoms. The third-order valence-corrected chi connectivity index (χ3v) is 6.46. The summed E-state index contributed by atoms with van der Waals surface area (Å²) in [6.07, 6.45) is 4.11. The Balaban J connectivity index is 1.43. The maximum Gasteiger partial charge on any atom is 0.292 e. The normalized spacial score (nSPS) is 12.9. The molecule has 0 spiro atoms. The number of furan rings is 1. The number of rotatable bonds is 5. The molecule has 4 rings (SSSR count). The van der Waals surface area contributed by atoms with Crippen LogP contribution in [0.1, 0.15) is 56.3 Å². The van der Waals surface area contributed by atoms with Crippen LogP contribution in [0.15, 0.2) is 34.7 Å². The topological polar surface area (TPSA) is 75.3 Å². The number of nitrogens with one attached hydrogen (secondary N) is 1. The van der Waals surface area contributed by atoms with Gasteiger partial charge in [0.2, 0.25) is 0 Å². The van der Waals surface area contributed by atoms with Gasteiger partial charge in [0.25, 0.3) is 5.91 Å². The highest BCUT2D eigenvalue weighted by Gasteiger charge is 2.23. The molecular weight excluding hydrogens is 384 g/mol. The summed E-state index contributed by atoms with van der Waals surface area (Å²) in [6, 6.07) is 11.5. The number of fused-ring (bicyclic) bond motifs is 1. The number of ether oxygens (including phenoxy) is 1. The Hall–Kier alpha value is -3.04. The number of hydrogen-bond donors (Lipinski definition) is 1. The number of nitriles is 1. The predicted molar refractivity (Wildman–Crippen MR) is 113 cm³/mol. The third-order valence-electron chi connectivity index (χ3n) is 5.26. The van der Waals surface area contributed by atoms with Crippen LogP contribution >= 0.6 is 11.3 Å². The van der Waals surface area contributed by atoms with Crippen molar-refractivity contribution >= 4 is 22.2 Å². The van der Waals surface area contributed by atoms with Gasteiger partial charge in [0.15, 0.2) is 5.76 Å². The minimum atomic E-state index is -0.350. The standard InChI is InChI=1S/C23H22N2O3S/c1-14-7-8-16(11-15(14)2)27-13-17-9-10-20(28-17)22(26)25-23-19(12-24)18-5-3-4-6-21(18)29-23/h7-11H,3-6,13H2,1-2H3,(H,25,26). The Morgan fingerprint density at radius 3 is 2.83 bits per heavy atom. The zero-order valence-corrected chi connectivity index (χ0v) is 17.3. The van der Waals surface area contributed by atoms with Crippen molar-refractivity contribution in [2.24, 2.45) is 0 Å². The van der Waals surface area contributed by atoms with Crippen LogP contribution in [0.2, 0.25) is 0 Å². The molecule has 29 heavy (non-hydrogen) atoms. The second-order valence-corrected chi connectivity index (χ2v) is 8.39. The zero-order valence-electron chi connectivity index (χ0n) is 16.5. The van der Waals surface area contributed by atoms with Crippen LogP contribution in [0, 0.1) is 25.2 Å². The van der Waals surface area contributed by atoms with Crippen LogP contribution in [0.5, 0.6) is 5.75 Å². The van der Waals surface area contributed by atoms with Crippen molar-refractivity contribution in [3.63, 3.8) is 0 Å². The molecule has 5 nitrogen and oxygen atoms in total. The Labute approximate surface area is 173 Å². The van der Waals surface area contributed by atoms with Crippen LogP contribution in [0.25, 0.3) is 0 Å². The molecule has 148 valence electrons. The smallest absolute Gasteiger partial charge is 0.292 e. The van der Waals surface area contributed by atoms with E-state index >= 15 is 0 Å². The maximum atomic E-state index is 12.6. The molecule has 1 N–H and O–H groups in total. The Morgan fingerprint density at radius 2 is 2.03 bits per heavy atom. The predicted octanol–water partition coefficient (Wildman–Crippen LogP) is 5.54. The average molecular weight is 407 g/mol. The van der Waals surface area contributed by atoms with Gasteiger partial charge in [-0.05, 0) is 80.5 Å².